The quantitative estimate of drug-likeness (QED) is 0.602. The van der Waals surface area contributed by atoms with Crippen molar-refractivity contribution in [3.05, 3.63) is 71.8 Å². The number of cyclic esters (lactones) is 1. The highest BCUT2D eigenvalue weighted by molar-refractivity contribution is 5.93. The molecule has 2 aliphatic heterocycles. The number of nitrogens with zero attached hydrogens (tertiary/aromatic N) is 4. The minimum atomic E-state index is -0.465. The Hall–Kier alpha value is -3.72. The fraction of sp³-hybridized carbons (Fsp3) is 0.292. The molecule has 1 saturated heterocycles. The minimum absolute atomic E-state index is 0.212. The van der Waals surface area contributed by atoms with Crippen LogP contribution in [0.15, 0.2) is 54.9 Å². The molecule has 3 heterocycles. The number of carbonyl (C=O) groups excluding carboxylic acids is 1. The van der Waals surface area contributed by atoms with E-state index in [-0.39, 0.29) is 18.5 Å². The molecule has 5 rings (SSSR count). The van der Waals surface area contributed by atoms with Gasteiger partial charge in [-0.3, -0.25) is 10.2 Å². The van der Waals surface area contributed by atoms with Crippen LogP contribution in [0, 0.1) is 5.82 Å². The molecule has 1 amide bonds. The smallest absolute Gasteiger partial charge is 0.412 e. The van der Waals surface area contributed by atoms with Gasteiger partial charge in [-0.1, -0.05) is 24.3 Å². The van der Waals surface area contributed by atoms with Crippen LogP contribution in [0.3, 0.4) is 0 Å². The van der Waals surface area contributed by atoms with Crippen LogP contribution < -0.4 is 15.5 Å². The third kappa shape index (κ3) is 4.58. The lowest BCUT2D eigenvalue weighted by atomic mass is 10.1. The van der Waals surface area contributed by atoms with Gasteiger partial charge in [0.05, 0.1) is 11.4 Å². The molecule has 0 radical (unpaired) electrons. The van der Waals surface area contributed by atoms with E-state index in [0.717, 1.165) is 48.8 Å². The van der Waals surface area contributed by atoms with Crippen LogP contribution in [0.1, 0.15) is 24.1 Å². The number of anilines is 4. The van der Waals surface area contributed by atoms with Gasteiger partial charge in [-0.2, -0.15) is 0 Å². The lowest BCUT2D eigenvalue weighted by Crippen LogP contribution is -2.47. The summed E-state index contributed by atoms with van der Waals surface area (Å²) in [5.74, 6) is 1.28. The summed E-state index contributed by atoms with van der Waals surface area (Å²) in [6, 6.07) is 14.6. The average Bonchev–Trinajstić information content (AvgIpc) is 2.85. The van der Waals surface area contributed by atoms with Gasteiger partial charge in [0.1, 0.15) is 30.4 Å². The highest BCUT2D eigenvalue weighted by atomic mass is 19.1. The normalized spacial score (nSPS) is 17.0. The van der Waals surface area contributed by atoms with E-state index in [1.165, 1.54) is 12.1 Å². The van der Waals surface area contributed by atoms with E-state index in [1.54, 1.807) is 6.33 Å². The van der Waals surface area contributed by atoms with Crippen molar-refractivity contribution in [2.45, 2.75) is 19.6 Å². The molecule has 3 aromatic rings. The number of para-hydroxylation sites is 1. The Morgan fingerprint density at radius 2 is 1.88 bits per heavy atom. The molecule has 170 valence electrons. The van der Waals surface area contributed by atoms with Gasteiger partial charge in [0, 0.05) is 43.9 Å². The van der Waals surface area contributed by atoms with Crippen molar-refractivity contribution in [2.24, 2.45) is 0 Å². The number of benzene rings is 2. The molecule has 0 saturated carbocycles. The highest BCUT2D eigenvalue weighted by Crippen LogP contribution is 2.32. The first-order chi connectivity index (χ1) is 16.1. The van der Waals surface area contributed by atoms with Gasteiger partial charge in [0.25, 0.3) is 0 Å². The van der Waals surface area contributed by atoms with Gasteiger partial charge in [-0.25, -0.2) is 19.2 Å². The summed E-state index contributed by atoms with van der Waals surface area (Å²) in [5.41, 5.74) is 3.48. The molecule has 1 unspecified atom stereocenters. The van der Waals surface area contributed by atoms with Gasteiger partial charge < -0.3 is 15.0 Å². The van der Waals surface area contributed by atoms with Crippen LogP contribution in [0.2, 0.25) is 0 Å². The second-order valence-corrected chi connectivity index (χ2v) is 8.18. The Morgan fingerprint density at radius 3 is 2.67 bits per heavy atom. The van der Waals surface area contributed by atoms with E-state index in [4.69, 9.17) is 4.74 Å². The Labute approximate surface area is 191 Å². The summed E-state index contributed by atoms with van der Waals surface area (Å²) < 4.78 is 18.3. The lowest BCUT2D eigenvalue weighted by Gasteiger charge is -2.38. The van der Waals surface area contributed by atoms with E-state index < -0.39 is 6.09 Å². The molecule has 0 spiro atoms. The standard InChI is InChI=1S/C24H25FN6O2/c1-16(17-5-7-19(25)8-6-17)30-9-11-31(12-10-30)22-13-21(26-15-27-22)28-20-4-2-3-18-14-33-24(32)29-23(18)20/h2-8,13,15-16H,9-12,14H2,1H3,(H,29,32)(H,26,27,28). The zero-order chi connectivity index (χ0) is 22.8. The maximum Gasteiger partial charge on any atom is 0.412 e. The Bertz CT molecular complexity index is 1150. The topological polar surface area (TPSA) is 82.6 Å². The summed E-state index contributed by atoms with van der Waals surface area (Å²) in [4.78, 5) is 25.1. The van der Waals surface area contributed by atoms with Gasteiger partial charge in [-0.05, 0) is 30.7 Å². The molecule has 1 atom stereocenters. The monoisotopic (exact) mass is 448 g/mol. The van der Waals surface area contributed by atoms with Crippen LogP contribution in [0.4, 0.5) is 32.2 Å². The first-order valence-electron chi connectivity index (χ1n) is 11.0. The predicted molar refractivity (Wildman–Crippen MR) is 124 cm³/mol. The number of fused-ring (bicyclic) bond motifs is 1. The summed E-state index contributed by atoms with van der Waals surface area (Å²) >= 11 is 0. The summed E-state index contributed by atoms with van der Waals surface area (Å²) in [6.07, 6.45) is 1.08. The average molecular weight is 449 g/mol. The van der Waals surface area contributed by atoms with Crippen molar-refractivity contribution < 1.29 is 13.9 Å². The van der Waals surface area contributed by atoms with Crippen molar-refractivity contribution >= 4 is 29.1 Å². The Morgan fingerprint density at radius 1 is 1.09 bits per heavy atom. The highest BCUT2D eigenvalue weighted by Gasteiger charge is 2.23. The van der Waals surface area contributed by atoms with E-state index in [2.05, 4.69) is 37.3 Å². The first-order valence-corrected chi connectivity index (χ1v) is 11.0. The molecular weight excluding hydrogens is 423 g/mol. The van der Waals surface area contributed by atoms with Gasteiger partial charge >= 0.3 is 6.09 Å². The molecule has 8 nitrogen and oxygen atoms in total. The van der Waals surface area contributed by atoms with Crippen molar-refractivity contribution in [1.82, 2.24) is 14.9 Å². The number of rotatable bonds is 5. The third-order valence-electron chi connectivity index (χ3n) is 6.19. The fourth-order valence-corrected chi connectivity index (χ4v) is 4.27. The number of halogens is 1. The molecule has 1 aromatic heterocycles. The van der Waals surface area contributed by atoms with E-state index in [0.29, 0.717) is 11.5 Å². The molecule has 33 heavy (non-hydrogen) atoms. The van der Waals surface area contributed by atoms with Crippen molar-refractivity contribution in [2.75, 3.05) is 41.7 Å². The zero-order valence-corrected chi connectivity index (χ0v) is 18.3. The zero-order valence-electron chi connectivity index (χ0n) is 18.3. The third-order valence-corrected chi connectivity index (χ3v) is 6.19. The number of nitrogens with one attached hydrogen (secondary N) is 2. The lowest BCUT2D eigenvalue weighted by molar-refractivity contribution is 0.151. The molecule has 9 heteroatoms. The molecule has 0 bridgehead atoms. The largest absolute Gasteiger partial charge is 0.444 e. The van der Waals surface area contributed by atoms with Crippen LogP contribution in [-0.4, -0.2) is 47.1 Å². The molecule has 1 fully saturated rings. The van der Waals surface area contributed by atoms with E-state index in [9.17, 15) is 9.18 Å². The molecule has 0 aliphatic carbocycles. The van der Waals surface area contributed by atoms with Gasteiger partial charge in [0.15, 0.2) is 0 Å². The van der Waals surface area contributed by atoms with Crippen LogP contribution in [-0.2, 0) is 11.3 Å². The number of amides is 1. The number of ether oxygens (including phenoxy) is 1. The van der Waals surface area contributed by atoms with E-state index >= 15 is 0 Å². The summed E-state index contributed by atoms with van der Waals surface area (Å²) in [5, 5.41) is 6.05. The number of aromatic nitrogens is 2. The number of piperazine rings is 1. The van der Waals surface area contributed by atoms with Gasteiger partial charge in [-0.15, -0.1) is 0 Å². The maximum absolute atomic E-state index is 13.2. The van der Waals surface area contributed by atoms with Crippen molar-refractivity contribution in [1.29, 1.82) is 0 Å². The molecule has 2 aliphatic rings. The van der Waals surface area contributed by atoms with Crippen LogP contribution in [0.25, 0.3) is 0 Å². The SMILES string of the molecule is CC(c1ccc(F)cc1)N1CCN(c2cc(Nc3cccc4c3NC(=O)OC4)ncn2)CC1. The summed E-state index contributed by atoms with van der Waals surface area (Å²) in [7, 11) is 0. The van der Waals surface area contributed by atoms with Crippen molar-refractivity contribution in [3.8, 4) is 0 Å². The van der Waals surface area contributed by atoms with Crippen LogP contribution >= 0.6 is 0 Å². The first kappa shape index (κ1) is 21.1. The molecular formula is C24H25FN6O2. The number of hydrogen-bond acceptors (Lipinski definition) is 7. The fourth-order valence-electron chi connectivity index (χ4n) is 4.27. The number of hydrogen-bond donors (Lipinski definition) is 2. The molecule has 2 aromatic carbocycles. The number of carbonyl (C=O) groups is 1. The minimum Gasteiger partial charge on any atom is -0.444 e. The second-order valence-electron chi connectivity index (χ2n) is 8.18. The Balaban J connectivity index is 1.25. The van der Waals surface area contributed by atoms with Crippen molar-refractivity contribution in [3.63, 3.8) is 0 Å². The second kappa shape index (κ2) is 9.03. The Kier molecular flexibility index (Phi) is 5.78. The van der Waals surface area contributed by atoms with Crippen LogP contribution in [0.5, 0.6) is 0 Å². The maximum atomic E-state index is 13.2. The molecule has 2 N–H and O–H groups in total. The van der Waals surface area contributed by atoms with Gasteiger partial charge in [0.2, 0.25) is 0 Å². The van der Waals surface area contributed by atoms with E-state index in [1.807, 2.05) is 36.4 Å². The summed E-state index contributed by atoms with van der Waals surface area (Å²) in [6.45, 7) is 5.81. The predicted octanol–water partition coefficient (Wildman–Crippen LogP) is 4.30.